The lowest BCUT2D eigenvalue weighted by Crippen LogP contribution is -2.40. The highest BCUT2D eigenvalue weighted by Crippen LogP contribution is 2.36. The van der Waals surface area contributed by atoms with Crippen molar-refractivity contribution in [2.24, 2.45) is 4.99 Å². The van der Waals surface area contributed by atoms with Gasteiger partial charge in [0.1, 0.15) is 11.8 Å². The van der Waals surface area contributed by atoms with Gasteiger partial charge in [-0.2, -0.15) is 0 Å². The van der Waals surface area contributed by atoms with Gasteiger partial charge in [0.2, 0.25) is 0 Å². The Morgan fingerprint density at radius 2 is 1.86 bits per heavy atom. The summed E-state index contributed by atoms with van der Waals surface area (Å²) >= 11 is 1.22. The highest BCUT2D eigenvalue weighted by molar-refractivity contribution is 7.07. The van der Waals surface area contributed by atoms with Gasteiger partial charge in [0.15, 0.2) is 4.80 Å². The molecule has 8 nitrogen and oxygen atoms in total. The zero-order chi connectivity index (χ0) is 25.8. The molecule has 0 radical (unpaired) electrons. The highest BCUT2D eigenvalue weighted by Gasteiger charge is 2.35. The highest BCUT2D eigenvalue weighted by atomic mass is 32.1. The van der Waals surface area contributed by atoms with Crippen LogP contribution in [-0.2, 0) is 9.53 Å². The third-order valence-corrected chi connectivity index (χ3v) is 6.76. The van der Waals surface area contributed by atoms with E-state index in [-0.39, 0.29) is 17.7 Å². The van der Waals surface area contributed by atoms with Crippen molar-refractivity contribution in [3.63, 3.8) is 0 Å². The van der Waals surface area contributed by atoms with E-state index in [0.717, 1.165) is 6.42 Å². The normalized spacial score (nSPS) is 15.3. The molecule has 1 aromatic heterocycles. The number of carboxylic acid groups (broad SMARTS) is 1. The molecule has 1 atom stereocenters. The number of carboxylic acids is 1. The van der Waals surface area contributed by atoms with Gasteiger partial charge in [0, 0.05) is 5.56 Å². The topological polar surface area (TPSA) is 107 Å². The molecule has 1 N–H and O–H groups in total. The summed E-state index contributed by atoms with van der Waals surface area (Å²) in [6.07, 6.45) is 2.99. The summed E-state index contributed by atoms with van der Waals surface area (Å²) in [4.78, 5) is 43.3. The molecule has 1 aliphatic rings. The molecule has 0 unspecified atom stereocenters. The number of allylic oxidation sites excluding steroid dienone is 1. The second-order valence-electron chi connectivity index (χ2n) is 8.08. The molecule has 2 aromatic carbocycles. The number of aromatic nitrogens is 1. The van der Waals surface area contributed by atoms with Crippen LogP contribution in [0.1, 0.15) is 54.2 Å². The monoisotopic (exact) mass is 506 g/mol. The minimum Gasteiger partial charge on any atom is -0.496 e. The summed E-state index contributed by atoms with van der Waals surface area (Å²) < 4.78 is 12.9. The number of rotatable bonds is 8. The van der Waals surface area contributed by atoms with Crippen molar-refractivity contribution < 1.29 is 24.2 Å². The van der Waals surface area contributed by atoms with Crippen LogP contribution in [0.15, 0.2) is 69.6 Å². The standard InChI is InChI=1S/C27H26N2O6S/c1-4-8-19-22(26(33)35-5-2)23(18-9-6-7-10-20(18)34-3)29-24(30)21(36-27(29)28-19)15-16-11-13-17(14-12-16)25(31)32/h6-7,9-15,23H,4-5,8H2,1-3H3,(H,31,32)/b21-15-/t23-/m1/s1. The molecule has 0 saturated heterocycles. The summed E-state index contributed by atoms with van der Waals surface area (Å²) in [6, 6.07) is 12.8. The average Bonchev–Trinajstić information content (AvgIpc) is 3.18. The van der Waals surface area contributed by atoms with Gasteiger partial charge in [-0.25, -0.2) is 14.6 Å². The molecule has 186 valence electrons. The number of nitrogens with zero attached hydrogens (tertiary/aromatic N) is 2. The van der Waals surface area contributed by atoms with Crippen LogP contribution in [0.5, 0.6) is 5.75 Å². The Kier molecular flexibility index (Phi) is 7.49. The average molecular weight is 507 g/mol. The number of para-hydroxylation sites is 1. The van der Waals surface area contributed by atoms with Crippen LogP contribution >= 0.6 is 11.3 Å². The second-order valence-corrected chi connectivity index (χ2v) is 9.09. The number of hydrogen-bond acceptors (Lipinski definition) is 7. The van der Waals surface area contributed by atoms with Gasteiger partial charge in [0.25, 0.3) is 5.56 Å². The number of aromatic carboxylic acids is 1. The summed E-state index contributed by atoms with van der Waals surface area (Å²) in [5, 5.41) is 9.15. The summed E-state index contributed by atoms with van der Waals surface area (Å²) in [5.74, 6) is -0.993. The second kappa shape index (κ2) is 10.7. The van der Waals surface area contributed by atoms with Crippen molar-refractivity contribution in [1.82, 2.24) is 4.57 Å². The van der Waals surface area contributed by atoms with Crippen molar-refractivity contribution >= 4 is 29.4 Å². The first-order chi connectivity index (χ1) is 17.4. The third-order valence-electron chi connectivity index (χ3n) is 5.78. The Bertz CT molecular complexity index is 1510. The van der Waals surface area contributed by atoms with Crippen LogP contribution in [0.2, 0.25) is 0 Å². The van der Waals surface area contributed by atoms with E-state index in [9.17, 15) is 14.4 Å². The lowest BCUT2D eigenvalue weighted by Gasteiger charge is -2.26. The number of esters is 1. The number of thiazole rings is 1. The molecular formula is C27H26N2O6S. The molecular weight excluding hydrogens is 480 g/mol. The van der Waals surface area contributed by atoms with E-state index in [2.05, 4.69) is 0 Å². The Hall–Kier alpha value is -3.98. The maximum atomic E-state index is 13.7. The van der Waals surface area contributed by atoms with Gasteiger partial charge >= 0.3 is 11.9 Å². The molecule has 0 amide bonds. The molecule has 0 aliphatic carbocycles. The zero-order valence-electron chi connectivity index (χ0n) is 20.2. The van der Waals surface area contributed by atoms with Crippen LogP contribution < -0.4 is 19.6 Å². The molecule has 3 aromatic rings. The molecule has 0 bridgehead atoms. The summed E-state index contributed by atoms with van der Waals surface area (Å²) in [6.45, 7) is 3.93. The van der Waals surface area contributed by atoms with Gasteiger partial charge in [0.05, 0.1) is 35.1 Å². The van der Waals surface area contributed by atoms with Gasteiger partial charge in [-0.15, -0.1) is 0 Å². The molecule has 36 heavy (non-hydrogen) atoms. The number of ether oxygens (including phenoxy) is 2. The van der Waals surface area contributed by atoms with E-state index in [4.69, 9.17) is 19.6 Å². The van der Waals surface area contributed by atoms with Gasteiger partial charge in [-0.05, 0) is 43.2 Å². The Morgan fingerprint density at radius 1 is 1.14 bits per heavy atom. The van der Waals surface area contributed by atoms with Crippen LogP contribution in [0, 0.1) is 0 Å². The quantitative estimate of drug-likeness (QED) is 0.470. The molecule has 9 heteroatoms. The SMILES string of the molecule is CCCC1=C(C(=O)OCC)[C@@H](c2ccccc2OC)n2c(s/c(=C\c3ccc(C(=O)O)cc3)c2=O)=N1. The van der Waals surface area contributed by atoms with Gasteiger partial charge < -0.3 is 14.6 Å². The minimum atomic E-state index is -1.02. The van der Waals surface area contributed by atoms with Crippen molar-refractivity contribution in [3.05, 3.63) is 96.2 Å². The van der Waals surface area contributed by atoms with Crippen molar-refractivity contribution in [2.75, 3.05) is 13.7 Å². The van der Waals surface area contributed by atoms with E-state index >= 15 is 0 Å². The Labute approximate surface area is 211 Å². The smallest absolute Gasteiger partial charge is 0.338 e. The maximum Gasteiger partial charge on any atom is 0.338 e. The van der Waals surface area contributed by atoms with Crippen LogP contribution in [0.4, 0.5) is 0 Å². The first kappa shape index (κ1) is 25.1. The first-order valence-electron chi connectivity index (χ1n) is 11.6. The van der Waals surface area contributed by atoms with Gasteiger partial charge in [-0.3, -0.25) is 9.36 Å². The fourth-order valence-electron chi connectivity index (χ4n) is 4.18. The number of carbonyl (C=O) groups is 2. The van der Waals surface area contributed by atoms with Crippen LogP contribution in [-0.4, -0.2) is 35.3 Å². The minimum absolute atomic E-state index is 0.160. The lowest BCUT2D eigenvalue weighted by molar-refractivity contribution is -0.139. The van der Waals surface area contributed by atoms with E-state index in [0.29, 0.717) is 43.9 Å². The Balaban J connectivity index is 1.98. The maximum absolute atomic E-state index is 13.7. The number of carbonyl (C=O) groups excluding carboxylic acids is 1. The van der Waals surface area contributed by atoms with Crippen molar-refractivity contribution in [1.29, 1.82) is 0 Å². The van der Waals surface area contributed by atoms with E-state index < -0.39 is 18.0 Å². The Morgan fingerprint density at radius 3 is 2.50 bits per heavy atom. The predicted octanol–water partition coefficient (Wildman–Crippen LogP) is 3.29. The van der Waals surface area contributed by atoms with Crippen molar-refractivity contribution in [2.45, 2.75) is 32.7 Å². The number of methoxy groups -OCH3 is 1. The van der Waals surface area contributed by atoms with Crippen LogP contribution in [0.25, 0.3) is 6.08 Å². The molecule has 0 fully saturated rings. The van der Waals surface area contributed by atoms with E-state index in [1.54, 1.807) is 38.3 Å². The zero-order valence-corrected chi connectivity index (χ0v) is 21.0. The molecule has 2 heterocycles. The third kappa shape index (κ3) is 4.74. The number of benzene rings is 2. The van der Waals surface area contributed by atoms with Crippen molar-refractivity contribution in [3.8, 4) is 5.75 Å². The van der Waals surface area contributed by atoms with Crippen LogP contribution in [0.3, 0.4) is 0 Å². The first-order valence-corrected chi connectivity index (χ1v) is 12.4. The molecule has 4 rings (SSSR count). The predicted molar refractivity (Wildman–Crippen MR) is 136 cm³/mol. The summed E-state index contributed by atoms with van der Waals surface area (Å²) in [7, 11) is 1.55. The lowest BCUT2D eigenvalue weighted by atomic mass is 9.93. The number of fused-ring (bicyclic) bond motifs is 1. The fourth-order valence-corrected chi connectivity index (χ4v) is 5.20. The number of hydrogen-bond donors (Lipinski definition) is 1. The summed E-state index contributed by atoms with van der Waals surface area (Å²) in [5.41, 5.74) is 2.10. The molecule has 1 aliphatic heterocycles. The van der Waals surface area contributed by atoms with E-state index in [1.807, 2.05) is 25.1 Å². The van der Waals surface area contributed by atoms with E-state index in [1.165, 1.54) is 28.0 Å². The molecule has 0 saturated carbocycles. The van der Waals surface area contributed by atoms with Gasteiger partial charge in [-0.1, -0.05) is 55.0 Å². The fraction of sp³-hybridized carbons (Fsp3) is 0.259. The largest absolute Gasteiger partial charge is 0.496 e. The molecule has 0 spiro atoms.